The van der Waals surface area contributed by atoms with E-state index in [1.54, 1.807) is 20.8 Å². The molecule has 1 saturated heterocycles. The summed E-state index contributed by atoms with van der Waals surface area (Å²) in [5.41, 5.74) is -0.980. The molecule has 138 valence electrons. The Morgan fingerprint density at radius 3 is 2.21 bits per heavy atom. The van der Waals surface area contributed by atoms with Gasteiger partial charge in [0.2, 0.25) is 5.91 Å². The molecular formula is C17H29NO5S. The van der Waals surface area contributed by atoms with E-state index in [2.05, 4.69) is 0 Å². The van der Waals surface area contributed by atoms with Gasteiger partial charge in [-0.25, -0.2) is 8.42 Å². The number of carbonyl (C=O) groups is 2. The summed E-state index contributed by atoms with van der Waals surface area (Å²) in [6, 6.07) is 0. The van der Waals surface area contributed by atoms with E-state index in [0.29, 0.717) is 25.8 Å². The van der Waals surface area contributed by atoms with Crippen LogP contribution in [0, 0.1) is 11.3 Å². The zero-order valence-corrected chi connectivity index (χ0v) is 15.6. The molecule has 2 fully saturated rings. The Balaban J connectivity index is 2.21. The SMILES string of the molecule is CC(C)[C@@H](C(=O)N1CC[C@](C)(C(=O)O)C1)S(=O)(=O)C1CCCCC1. The number of carboxylic acids is 1. The van der Waals surface area contributed by atoms with Crippen molar-refractivity contribution in [2.24, 2.45) is 11.3 Å². The number of hydrogen-bond donors (Lipinski definition) is 1. The van der Waals surface area contributed by atoms with Gasteiger partial charge in [-0.2, -0.15) is 0 Å². The summed E-state index contributed by atoms with van der Waals surface area (Å²) in [4.78, 5) is 25.8. The largest absolute Gasteiger partial charge is 0.481 e. The van der Waals surface area contributed by atoms with Gasteiger partial charge in [0.05, 0.1) is 10.7 Å². The van der Waals surface area contributed by atoms with E-state index in [-0.39, 0.29) is 12.5 Å². The third kappa shape index (κ3) is 3.60. The van der Waals surface area contributed by atoms with Gasteiger partial charge in [-0.1, -0.05) is 33.1 Å². The standard InChI is InChI=1S/C17H29NO5S/c1-12(2)14(24(22,23)13-7-5-4-6-8-13)15(19)18-10-9-17(3,11-18)16(20)21/h12-14H,4-11H2,1-3H3,(H,20,21)/t14-,17-/m0/s1. The van der Waals surface area contributed by atoms with E-state index < -0.39 is 37.6 Å². The van der Waals surface area contributed by atoms with Crippen LogP contribution in [-0.2, 0) is 19.4 Å². The third-order valence-electron chi connectivity index (χ3n) is 5.52. The molecule has 2 rings (SSSR count). The number of nitrogens with zero attached hydrogens (tertiary/aromatic N) is 1. The molecule has 0 spiro atoms. The van der Waals surface area contributed by atoms with Gasteiger partial charge < -0.3 is 10.0 Å². The molecule has 0 aromatic heterocycles. The first-order chi connectivity index (χ1) is 11.1. The van der Waals surface area contributed by atoms with Crippen LogP contribution < -0.4 is 0 Å². The van der Waals surface area contributed by atoms with E-state index in [4.69, 9.17) is 0 Å². The van der Waals surface area contributed by atoms with Crippen LogP contribution in [0.15, 0.2) is 0 Å². The van der Waals surface area contributed by atoms with E-state index in [1.165, 1.54) is 4.90 Å². The molecule has 1 amide bonds. The van der Waals surface area contributed by atoms with Gasteiger partial charge in [-0.15, -0.1) is 0 Å². The first-order valence-electron chi connectivity index (χ1n) is 8.84. The topological polar surface area (TPSA) is 91.8 Å². The zero-order valence-electron chi connectivity index (χ0n) is 14.8. The monoisotopic (exact) mass is 359 g/mol. The highest BCUT2D eigenvalue weighted by Gasteiger charge is 2.48. The second-order valence-electron chi connectivity index (χ2n) is 7.89. The average molecular weight is 359 g/mol. The maximum atomic E-state index is 13.1. The highest BCUT2D eigenvalue weighted by molar-refractivity contribution is 7.93. The molecule has 1 aliphatic heterocycles. The van der Waals surface area contributed by atoms with Crippen LogP contribution in [-0.4, -0.2) is 53.9 Å². The molecule has 7 heteroatoms. The smallest absolute Gasteiger partial charge is 0.311 e. The van der Waals surface area contributed by atoms with Crippen molar-refractivity contribution in [1.82, 2.24) is 4.90 Å². The van der Waals surface area contributed by atoms with Crippen LogP contribution in [0.4, 0.5) is 0 Å². The Morgan fingerprint density at radius 2 is 1.75 bits per heavy atom. The molecule has 2 atom stereocenters. The molecular weight excluding hydrogens is 330 g/mol. The number of carbonyl (C=O) groups excluding carboxylic acids is 1. The second-order valence-corrected chi connectivity index (χ2v) is 10.2. The van der Waals surface area contributed by atoms with Crippen molar-refractivity contribution in [3.8, 4) is 0 Å². The van der Waals surface area contributed by atoms with Crippen molar-refractivity contribution in [3.05, 3.63) is 0 Å². The van der Waals surface area contributed by atoms with Crippen molar-refractivity contribution < 1.29 is 23.1 Å². The molecule has 0 aromatic rings. The van der Waals surface area contributed by atoms with Crippen molar-refractivity contribution in [2.45, 2.75) is 69.8 Å². The van der Waals surface area contributed by atoms with Gasteiger partial charge in [-0.3, -0.25) is 9.59 Å². The first-order valence-corrected chi connectivity index (χ1v) is 10.5. The molecule has 0 unspecified atom stereocenters. The average Bonchev–Trinajstić information content (AvgIpc) is 2.91. The number of aliphatic carboxylic acids is 1. The lowest BCUT2D eigenvalue weighted by Crippen LogP contribution is -2.49. The molecule has 1 heterocycles. The number of carboxylic acid groups (broad SMARTS) is 1. The minimum atomic E-state index is -3.56. The van der Waals surface area contributed by atoms with Gasteiger partial charge in [0, 0.05) is 13.1 Å². The fourth-order valence-electron chi connectivity index (χ4n) is 3.91. The van der Waals surface area contributed by atoms with Crippen molar-refractivity contribution in [3.63, 3.8) is 0 Å². The summed E-state index contributed by atoms with van der Waals surface area (Å²) >= 11 is 0. The van der Waals surface area contributed by atoms with E-state index in [9.17, 15) is 23.1 Å². The number of sulfone groups is 1. The summed E-state index contributed by atoms with van der Waals surface area (Å²) in [6.07, 6.45) is 4.46. The van der Waals surface area contributed by atoms with Gasteiger partial charge in [-0.05, 0) is 32.1 Å². The predicted molar refractivity (Wildman–Crippen MR) is 91.4 cm³/mol. The van der Waals surface area contributed by atoms with Crippen molar-refractivity contribution >= 4 is 21.7 Å². The summed E-state index contributed by atoms with van der Waals surface area (Å²) in [5, 5.41) is 7.83. The van der Waals surface area contributed by atoms with Crippen LogP contribution in [0.2, 0.25) is 0 Å². The summed E-state index contributed by atoms with van der Waals surface area (Å²) in [7, 11) is -3.56. The lowest BCUT2D eigenvalue weighted by atomic mass is 9.90. The molecule has 0 aromatic carbocycles. The Hall–Kier alpha value is -1.11. The number of likely N-dealkylation sites (tertiary alicyclic amines) is 1. The van der Waals surface area contributed by atoms with E-state index in [0.717, 1.165) is 19.3 Å². The summed E-state index contributed by atoms with van der Waals surface area (Å²) in [6.45, 7) is 5.53. The lowest BCUT2D eigenvalue weighted by molar-refractivity contribution is -0.147. The Bertz CT molecular complexity index is 594. The molecule has 0 bridgehead atoms. The molecule has 1 N–H and O–H groups in total. The van der Waals surface area contributed by atoms with Crippen molar-refractivity contribution in [1.29, 1.82) is 0 Å². The first kappa shape index (κ1) is 19.2. The van der Waals surface area contributed by atoms with Crippen LogP contribution in [0.5, 0.6) is 0 Å². The maximum absolute atomic E-state index is 13.1. The lowest BCUT2D eigenvalue weighted by Gasteiger charge is -2.31. The number of amides is 1. The van der Waals surface area contributed by atoms with Crippen molar-refractivity contribution in [2.75, 3.05) is 13.1 Å². The van der Waals surface area contributed by atoms with Crippen LogP contribution in [0.1, 0.15) is 59.3 Å². The highest BCUT2D eigenvalue weighted by Crippen LogP contribution is 2.34. The van der Waals surface area contributed by atoms with Gasteiger partial charge in [0.1, 0.15) is 5.25 Å². The quantitative estimate of drug-likeness (QED) is 0.811. The molecule has 1 aliphatic carbocycles. The van der Waals surface area contributed by atoms with Gasteiger partial charge in [0.15, 0.2) is 9.84 Å². The minimum absolute atomic E-state index is 0.0879. The Labute approximate surface area is 144 Å². The molecule has 6 nitrogen and oxygen atoms in total. The normalized spacial score (nSPS) is 27.4. The Morgan fingerprint density at radius 1 is 1.17 bits per heavy atom. The van der Waals surface area contributed by atoms with Crippen LogP contribution in [0.3, 0.4) is 0 Å². The zero-order chi connectivity index (χ0) is 18.1. The summed E-state index contributed by atoms with van der Waals surface area (Å²) < 4.78 is 26.1. The van der Waals surface area contributed by atoms with Crippen LogP contribution in [0.25, 0.3) is 0 Å². The fraction of sp³-hybridized carbons (Fsp3) is 0.882. The Kier molecular flexibility index (Phi) is 5.62. The maximum Gasteiger partial charge on any atom is 0.311 e. The van der Waals surface area contributed by atoms with Crippen LogP contribution >= 0.6 is 0 Å². The van der Waals surface area contributed by atoms with E-state index in [1.807, 2.05) is 0 Å². The second kappa shape index (κ2) is 7.02. The highest BCUT2D eigenvalue weighted by atomic mass is 32.2. The minimum Gasteiger partial charge on any atom is -0.481 e. The van der Waals surface area contributed by atoms with Gasteiger partial charge in [0.25, 0.3) is 0 Å². The molecule has 0 radical (unpaired) electrons. The van der Waals surface area contributed by atoms with Gasteiger partial charge >= 0.3 is 5.97 Å². The molecule has 1 saturated carbocycles. The predicted octanol–water partition coefficient (Wildman–Crippen LogP) is 2.08. The number of rotatable bonds is 5. The molecule has 24 heavy (non-hydrogen) atoms. The molecule has 2 aliphatic rings. The summed E-state index contributed by atoms with van der Waals surface area (Å²) in [5.74, 6) is -1.67. The number of hydrogen-bond acceptors (Lipinski definition) is 4. The van der Waals surface area contributed by atoms with E-state index >= 15 is 0 Å². The fourth-order valence-corrected chi connectivity index (χ4v) is 6.50. The third-order valence-corrected chi connectivity index (χ3v) is 8.38.